The van der Waals surface area contributed by atoms with Crippen LogP contribution >= 0.6 is 11.3 Å². The highest BCUT2D eigenvalue weighted by atomic mass is 32.1. The third-order valence-corrected chi connectivity index (χ3v) is 6.55. The Morgan fingerprint density at radius 1 is 1.25 bits per heavy atom. The molecule has 0 bridgehead atoms. The van der Waals surface area contributed by atoms with Crippen LogP contribution < -0.4 is 5.32 Å². The number of hydrogen-bond acceptors (Lipinski definition) is 6. The molecule has 1 amide bonds. The average Bonchev–Trinajstić information content (AvgIpc) is 3.24. The predicted octanol–water partition coefficient (Wildman–Crippen LogP) is 3.79. The summed E-state index contributed by atoms with van der Waals surface area (Å²) in [6.45, 7) is 5.15. The molecule has 0 unspecified atom stereocenters. The van der Waals surface area contributed by atoms with Crippen molar-refractivity contribution >= 4 is 23.0 Å². The van der Waals surface area contributed by atoms with Crippen molar-refractivity contribution in [2.45, 2.75) is 39.7 Å². The topological polar surface area (TPSA) is 96.0 Å². The van der Waals surface area contributed by atoms with Gasteiger partial charge in [0.1, 0.15) is 16.9 Å². The second-order valence-corrected chi connectivity index (χ2v) is 8.69. The largest absolute Gasteiger partial charge is 0.350 e. The minimum atomic E-state index is -2.63. The van der Waals surface area contributed by atoms with E-state index >= 15 is 0 Å². The number of nitriles is 1. The van der Waals surface area contributed by atoms with Gasteiger partial charge in [0.05, 0.1) is 30.3 Å². The molecule has 10 heteroatoms. The molecule has 1 aliphatic rings. The number of nitrogens with one attached hydrogen (secondary N) is 1. The number of carbonyl (C=O) groups is 1. The Kier molecular flexibility index (Phi) is 5.84. The molecule has 0 saturated heterocycles. The molecule has 0 radical (unpaired) electrons. The van der Waals surface area contributed by atoms with Crippen molar-refractivity contribution in [3.05, 3.63) is 63.0 Å². The van der Waals surface area contributed by atoms with Crippen LogP contribution in [0.3, 0.4) is 0 Å². The van der Waals surface area contributed by atoms with Gasteiger partial charge in [-0.1, -0.05) is 12.1 Å². The lowest BCUT2D eigenvalue weighted by Gasteiger charge is -2.13. The summed E-state index contributed by atoms with van der Waals surface area (Å²) in [5.41, 5.74) is 3.95. The number of nitrogens with zero attached hydrogens (tertiary/aromatic N) is 5. The Hall–Kier alpha value is -3.45. The van der Waals surface area contributed by atoms with Gasteiger partial charge in [-0.15, -0.1) is 21.5 Å². The zero-order valence-electron chi connectivity index (χ0n) is 17.7. The molecule has 32 heavy (non-hydrogen) atoms. The maximum atomic E-state index is 12.6. The summed E-state index contributed by atoms with van der Waals surface area (Å²) in [4.78, 5) is 18.4. The first kappa shape index (κ1) is 21.8. The highest BCUT2D eigenvalue weighted by Crippen LogP contribution is 2.39. The number of fused-ring (bicyclic) bond motifs is 3. The molecular formula is C22H20F2N6OS. The molecule has 4 rings (SSSR count). The molecule has 3 aromatic rings. The smallest absolute Gasteiger partial charge is 0.255 e. The molecule has 1 aromatic carbocycles. The fourth-order valence-corrected chi connectivity index (χ4v) is 4.88. The fraction of sp³-hybridized carbons (Fsp3) is 0.318. The molecule has 0 saturated carbocycles. The van der Waals surface area contributed by atoms with E-state index < -0.39 is 24.9 Å². The number of hydrogen-bond donors (Lipinski definition) is 1. The maximum absolute atomic E-state index is 12.6. The first-order valence-corrected chi connectivity index (χ1v) is 10.8. The Morgan fingerprint density at radius 2 is 1.97 bits per heavy atom. The molecule has 0 fully saturated rings. The summed E-state index contributed by atoms with van der Waals surface area (Å²) in [6.07, 6.45) is -2.77. The van der Waals surface area contributed by atoms with Crippen molar-refractivity contribution in [1.82, 2.24) is 20.1 Å². The maximum Gasteiger partial charge on any atom is 0.255 e. The van der Waals surface area contributed by atoms with E-state index in [4.69, 9.17) is 10.3 Å². The van der Waals surface area contributed by atoms with E-state index in [0.29, 0.717) is 22.9 Å². The van der Waals surface area contributed by atoms with Crippen LogP contribution in [0.1, 0.15) is 51.2 Å². The Morgan fingerprint density at radius 3 is 2.62 bits per heavy atom. The van der Waals surface area contributed by atoms with Crippen LogP contribution in [0.4, 0.5) is 8.78 Å². The molecular weight excluding hydrogens is 434 g/mol. The fourth-order valence-electron chi connectivity index (χ4n) is 3.67. The van der Waals surface area contributed by atoms with Crippen LogP contribution in [0.2, 0.25) is 0 Å². The summed E-state index contributed by atoms with van der Waals surface area (Å²) in [5, 5.41) is 20.8. The minimum Gasteiger partial charge on any atom is -0.350 e. The number of aliphatic imine (C=N–C) groups is 1. The first-order valence-electron chi connectivity index (χ1n) is 9.96. The minimum absolute atomic E-state index is 0.141. The number of benzene rings is 1. The molecule has 3 heterocycles. The second kappa shape index (κ2) is 8.59. The van der Waals surface area contributed by atoms with Crippen LogP contribution in [0, 0.1) is 32.1 Å². The molecule has 2 aromatic heterocycles. The van der Waals surface area contributed by atoms with Gasteiger partial charge in [0.25, 0.3) is 6.43 Å². The van der Waals surface area contributed by atoms with E-state index in [-0.39, 0.29) is 6.42 Å². The zero-order chi connectivity index (χ0) is 23.0. The van der Waals surface area contributed by atoms with Gasteiger partial charge in [-0.3, -0.25) is 14.4 Å². The standard InChI is InChI=1S/C22H20F2N6OS/c1-11-12(2)32-22-19(11)20(15-6-4-14(9-25)5-7-15)27-16(8-18(31)26-10-17(23)24)21-29-28-13(3)30(21)22/h4-7,16-17H,8,10H2,1-3H3,(H,26,31)/t16-/m0/s1. The van der Waals surface area contributed by atoms with Gasteiger partial charge in [0, 0.05) is 16.0 Å². The third kappa shape index (κ3) is 3.91. The van der Waals surface area contributed by atoms with Crippen molar-refractivity contribution in [2.75, 3.05) is 6.54 Å². The van der Waals surface area contributed by atoms with Crippen LogP contribution in [-0.4, -0.2) is 39.4 Å². The molecule has 1 N–H and O–H groups in total. The van der Waals surface area contributed by atoms with Crippen molar-refractivity contribution in [3.63, 3.8) is 0 Å². The number of aryl methyl sites for hydroxylation is 2. The summed E-state index contributed by atoms with van der Waals surface area (Å²) in [6, 6.07) is 8.47. The molecule has 1 atom stereocenters. The van der Waals surface area contributed by atoms with Gasteiger partial charge >= 0.3 is 0 Å². The molecule has 7 nitrogen and oxygen atoms in total. The van der Waals surface area contributed by atoms with E-state index in [2.05, 4.69) is 21.6 Å². The number of aromatic nitrogens is 3. The number of carbonyl (C=O) groups excluding carboxylic acids is 1. The van der Waals surface area contributed by atoms with Crippen molar-refractivity contribution < 1.29 is 13.6 Å². The Bertz CT molecular complexity index is 1250. The summed E-state index contributed by atoms with van der Waals surface area (Å²) in [7, 11) is 0. The highest BCUT2D eigenvalue weighted by Gasteiger charge is 2.32. The summed E-state index contributed by atoms with van der Waals surface area (Å²) >= 11 is 1.58. The van der Waals surface area contributed by atoms with E-state index in [0.717, 1.165) is 26.6 Å². The van der Waals surface area contributed by atoms with Gasteiger partial charge in [0.15, 0.2) is 5.82 Å². The van der Waals surface area contributed by atoms with Gasteiger partial charge < -0.3 is 5.32 Å². The lowest BCUT2D eigenvalue weighted by atomic mass is 9.99. The summed E-state index contributed by atoms with van der Waals surface area (Å²) in [5.74, 6) is 0.598. The quantitative estimate of drug-likeness (QED) is 0.634. The second-order valence-electron chi connectivity index (χ2n) is 7.49. The number of rotatable bonds is 5. The van der Waals surface area contributed by atoms with E-state index in [9.17, 15) is 13.6 Å². The number of alkyl halides is 2. The molecule has 0 aliphatic carbocycles. The Balaban J connectivity index is 1.87. The number of thiophene rings is 1. The number of halogens is 2. The van der Waals surface area contributed by atoms with E-state index in [1.807, 2.05) is 37.5 Å². The lowest BCUT2D eigenvalue weighted by Crippen LogP contribution is -2.29. The van der Waals surface area contributed by atoms with Crippen LogP contribution in [0.5, 0.6) is 0 Å². The van der Waals surface area contributed by atoms with Gasteiger partial charge in [0.2, 0.25) is 5.91 Å². The van der Waals surface area contributed by atoms with Crippen LogP contribution in [0.15, 0.2) is 29.3 Å². The van der Waals surface area contributed by atoms with Gasteiger partial charge in [-0.05, 0) is 38.5 Å². The zero-order valence-corrected chi connectivity index (χ0v) is 18.5. The average molecular weight is 455 g/mol. The third-order valence-electron chi connectivity index (χ3n) is 5.36. The molecule has 0 spiro atoms. The van der Waals surface area contributed by atoms with E-state index in [1.54, 1.807) is 23.5 Å². The molecule has 1 aliphatic heterocycles. The Labute approximate surface area is 187 Å². The van der Waals surface area contributed by atoms with Gasteiger partial charge in [-0.2, -0.15) is 5.26 Å². The van der Waals surface area contributed by atoms with Crippen LogP contribution in [-0.2, 0) is 4.79 Å². The SMILES string of the molecule is Cc1sc2c(c1C)C(c1ccc(C#N)cc1)=N[C@@H](CC(=O)NCC(F)F)c1nnc(C)n1-2. The van der Waals surface area contributed by atoms with Crippen molar-refractivity contribution in [2.24, 2.45) is 4.99 Å². The monoisotopic (exact) mass is 454 g/mol. The first-order chi connectivity index (χ1) is 15.3. The van der Waals surface area contributed by atoms with Crippen LogP contribution in [0.25, 0.3) is 5.00 Å². The van der Waals surface area contributed by atoms with Crippen molar-refractivity contribution in [3.8, 4) is 11.1 Å². The van der Waals surface area contributed by atoms with Gasteiger partial charge in [-0.25, -0.2) is 8.78 Å². The predicted molar refractivity (Wildman–Crippen MR) is 117 cm³/mol. The highest BCUT2D eigenvalue weighted by molar-refractivity contribution is 7.15. The molecule has 164 valence electrons. The van der Waals surface area contributed by atoms with Crippen molar-refractivity contribution in [1.29, 1.82) is 5.26 Å². The normalized spacial score (nSPS) is 14.9. The number of amides is 1. The van der Waals surface area contributed by atoms with E-state index in [1.165, 1.54) is 0 Å². The summed E-state index contributed by atoms with van der Waals surface area (Å²) < 4.78 is 27.0. The lowest BCUT2D eigenvalue weighted by molar-refractivity contribution is -0.122.